The normalized spacial score (nSPS) is 22.3. The maximum atomic E-state index is 12.0. The fourth-order valence-electron chi connectivity index (χ4n) is 1.66. The van der Waals surface area contributed by atoms with Gasteiger partial charge in [-0.15, -0.1) is 4.72 Å². The molecule has 0 radical (unpaired) electrons. The first-order valence-electron chi connectivity index (χ1n) is 5.74. The minimum atomic E-state index is -0.878. The Hall–Kier alpha value is 0.270. The summed E-state index contributed by atoms with van der Waals surface area (Å²) in [5.41, 5.74) is 0. The molecule has 2 nitrogen and oxygen atoms in total. The van der Waals surface area contributed by atoms with Gasteiger partial charge < -0.3 is 4.55 Å². The van der Waals surface area contributed by atoms with Gasteiger partial charge in [-0.2, -0.15) is 0 Å². The first kappa shape index (κ1) is 12.3. The Bertz CT molecular complexity index is 167. The minimum absolute atomic E-state index is 0.0859. The van der Waals surface area contributed by atoms with Gasteiger partial charge in [-0.3, -0.25) is 0 Å². The highest BCUT2D eigenvalue weighted by molar-refractivity contribution is 7.90. The van der Waals surface area contributed by atoms with Crippen molar-refractivity contribution >= 4 is 11.4 Å². The van der Waals surface area contributed by atoms with Gasteiger partial charge in [0, 0.05) is 11.4 Å². The van der Waals surface area contributed by atoms with Crippen LogP contribution in [0.4, 0.5) is 0 Å². The molecule has 0 aliphatic heterocycles. The van der Waals surface area contributed by atoms with Crippen LogP contribution in [0.3, 0.4) is 0 Å². The van der Waals surface area contributed by atoms with Crippen LogP contribution in [-0.2, 0) is 11.4 Å². The van der Waals surface area contributed by atoms with Gasteiger partial charge in [0.25, 0.3) is 0 Å². The monoisotopic (exact) mass is 217 g/mol. The van der Waals surface area contributed by atoms with Gasteiger partial charge in [-0.25, -0.2) is 0 Å². The molecule has 1 aliphatic carbocycles. The van der Waals surface area contributed by atoms with Crippen LogP contribution >= 0.6 is 0 Å². The van der Waals surface area contributed by atoms with Crippen molar-refractivity contribution in [2.45, 2.75) is 70.1 Å². The average Bonchev–Trinajstić information content (AvgIpc) is 2.19. The van der Waals surface area contributed by atoms with Crippen LogP contribution < -0.4 is 4.72 Å². The molecule has 84 valence electrons. The third-order valence-electron chi connectivity index (χ3n) is 3.23. The zero-order chi connectivity index (χ0) is 10.6. The van der Waals surface area contributed by atoms with E-state index >= 15 is 0 Å². The SMILES string of the molecule is CCC(C)(C)[S+]([O-])NC1CCCCC1. The molecule has 3 heteroatoms. The molecule has 1 atom stereocenters. The zero-order valence-electron chi connectivity index (χ0n) is 9.64. The summed E-state index contributed by atoms with van der Waals surface area (Å²) in [6.07, 6.45) is 7.29. The molecular formula is C11H23NOS. The van der Waals surface area contributed by atoms with E-state index in [2.05, 4.69) is 25.5 Å². The van der Waals surface area contributed by atoms with E-state index < -0.39 is 11.4 Å². The van der Waals surface area contributed by atoms with Gasteiger partial charge in [0.2, 0.25) is 0 Å². The van der Waals surface area contributed by atoms with Crippen LogP contribution in [-0.4, -0.2) is 15.3 Å². The number of rotatable bonds is 4. The molecule has 0 heterocycles. The Morgan fingerprint density at radius 1 is 1.29 bits per heavy atom. The molecule has 1 N–H and O–H groups in total. The maximum absolute atomic E-state index is 12.0. The lowest BCUT2D eigenvalue weighted by molar-refractivity contribution is 0.405. The van der Waals surface area contributed by atoms with Crippen molar-refractivity contribution < 1.29 is 4.55 Å². The molecule has 1 aliphatic rings. The molecule has 1 fully saturated rings. The van der Waals surface area contributed by atoms with E-state index in [9.17, 15) is 4.55 Å². The summed E-state index contributed by atoms with van der Waals surface area (Å²) in [4.78, 5) is 0. The summed E-state index contributed by atoms with van der Waals surface area (Å²) >= 11 is -0.878. The lowest BCUT2D eigenvalue weighted by atomic mass is 9.96. The van der Waals surface area contributed by atoms with E-state index in [1.165, 1.54) is 32.1 Å². The molecule has 0 saturated heterocycles. The Labute approximate surface area is 91.2 Å². The molecule has 0 aromatic heterocycles. The third-order valence-corrected chi connectivity index (χ3v) is 5.07. The predicted molar refractivity (Wildman–Crippen MR) is 62.5 cm³/mol. The Morgan fingerprint density at radius 2 is 1.86 bits per heavy atom. The van der Waals surface area contributed by atoms with Crippen LogP contribution in [0.1, 0.15) is 59.3 Å². The molecule has 0 bridgehead atoms. The van der Waals surface area contributed by atoms with E-state index in [1.54, 1.807) is 0 Å². The van der Waals surface area contributed by atoms with Crippen molar-refractivity contribution in [1.82, 2.24) is 4.72 Å². The summed E-state index contributed by atoms with van der Waals surface area (Å²) < 4.78 is 15.2. The first-order valence-corrected chi connectivity index (χ1v) is 6.89. The highest BCUT2D eigenvalue weighted by Gasteiger charge is 2.32. The summed E-state index contributed by atoms with van der Waals surface area (Å²) in [6.45, 7) is 6.23. The van der Waals surface area contributed by atoms with Crippen LogP contribution in [0, 0.1) is 0 Å². The molecule has 1 rings (SSSR count). The Balaban J connectivity index is 2.34. The second-order valence-electron chi connectivity index (χ2n) is 4.83. The Kier molecular flexibility index (Phi) is 4.74. The van der Waals surface area contributed by atoms with Gasteiger partial charge in [-0.05, 0) is 33.1 Å². The molecule has 0 amide bonds. The van der Waals surface area contributed by atoms with Crippen LogP contribution in [0.15, 0.2) is 0 Å². The van der Waals surface area contributed by atoms with Gasteiger partial charge in [0.15, 0.2) is 0 Å². The highest BCUT2D eigenvalue weighted by Crippen LogP contribution is 2.23. The fourth-order valence-corrected chi connectivity index (χ4v) is 2.78. The summed E-state index contributed by atoms with van der Waals surface area (Å²) in [7, 11) is 0. The topological polar surface area (TPSA) is 35.1 Å². The van der Waals surface area contributed by atoms with Crippen molar-refractivity contribution in [3.63, 3.8) is 0 Å². The van der Waals surface area contributed by atoms with Gasteiger partial charge in [0.05, 0.1) is 6.04 Å². The van der Waals surface area contributed by atoms with E-state index in [0.717, 1.165) is 6.42 Å². The zero-order valence-corrected chi connectivity index (χ0v) is 10.5. The van der Waals surface area contributed by atoms with E-state index in [4.69, 9.17) is 0 Å². The van der Waals surface area contributed by atoms with Crippen molar-refractivity contribution in [1.29, 1.82) is 0 Å². The number of hydrogen-bond acceptors (Lipinski definition) is 2. The van der Waals surface area contributed by atoms with Crippen LogP contribution in [0.25, 0.3) is 0 Å². The Morgan fingerprint density at radius 3 is 2.36 bits per heavy atom. The van der Waals surface area contributed by atoms with E-state index in [1.807, 2.05) is 0 Å². The maximum Gasteiger partial charge on any atom is 0.139 e. The van der Waals surface area contributed by atoms with E-state index in [-0.39, 0.29) is 4.75 Å². The second-order valence-corrected chi connectivity index (χ2v) is 6.71. The summed E-state index contributed by atoms with van der Waals surface area (Å²) in [5.74, 6) is 0. The quantitative estimate of drug-likeness (QED) is 0.735. The van der Waals surface area contributed by atoms with Crippen LogP contribution in [0.2, 0.25) is 0 Å². The van der Waals surface area contributed by atoms with Gasteiger partial charge in [0.1, 0.15) is 4.75 Å². The van der Waals surface area contributed by atoms with Crippen molar-refractivity contribution in [3.05, 3.63) is 0 Å². The highest BCUT2D eigenvalue weighted by atomic mass is 32.2. The molecule has 0 spiro atoms. The second kappa shape index (κ2) is 5.38. The molecule has 1 unspecified atom stereocenters. The molecular weight excluding hydrogens is 194 g/mol. The smallest absolute Gasteiger partial charge is 0.139 e. The van der Waals surface area contributed by atoms with Crippen molar-refractivity contribution in [2.24, 2.45) is 0 Å². The lowest BCUT2D eigenvalue weighted by Crippen LogP contribution is -2.46. The minimum Gasteiger partial charge on any atom is -0.598 e. The summed E-state index contributed by atoms with van der Waals surface area (Å²) in [6, 6.07) is 0.496. The van der Waals surface area contributed by atoms with Crippen LogP contribution in [0.5, 0.6) is 0 Å². The standard InChI is InChI=1S/C11H23NOS/c1-4-11(2,3)14(13)12-10-8-6-5-7-9-10/h10,12H,4-9H2,1-3H3. The molecule has 0 aromatic carbocycles. The molecule has 1 saturated carbocycles. The molecule has 14 heavy (non-hydrogen) atoms. The lowest BCUT2D eigenvalue weighted by Gasteiger charge is -2.31. The van der Waals surface area contributed by atoms with Gasteiger partial charge in [-0.1, -0.05) is 26.2 Å². The van der Waals surface area contributed by atoms with Crippen molar-refractivity contribution in [3.8, 4) is 0 Å². The third kappa shape index (κ3) is 3.44. The average molecular weight is 217 g/mol. The van der Waals surface area contributed by atoms with Crippen molar-refractivity contribution in [2.75, 3.05) is 0 Å². The first-order chi connectivity index (χ1) is 6.56. The van der Waals surface area contributed by atoms with E-state index in [0.29, 0.717) is 6.04 Å². The largest absolute Gasteiger partial charge is 0.598 e. The number of nitrogens with one attached hydrogen (secondary N) is 1. The summed E-state index contributed by atoms with van der Waals surface area (Å²) in [5, 5.41) is 0. The fraction of sp³-hybridized carbons (Fsp3) is 1.00. The molecule has 0 aromatic rings. The van der Waals surface area contributed by atoms with Gasteiger partial charge >= 0.3 is 0 Å². The number of hydrogen-bond donors (Lipinski definition) is 1. The predicted octanol–water partition coefficient (Wildman–Crippen LogP) is 2.76.